The van der Waals surface area contributed by atoms with E-state index in [1.165, 1.54) is 11.3 Å². The molecule has 1 unspecified atom stereocenters. The van der Waals surface area contributed by atoms with Crippen molar-refractivity contribution in [1.29, 1.82) is 0 Å². The van der Waals surface area contributed by atoms with Gasteiger partial charge in [-0.25, -0.2) is 4.79 Å². The van der Waals surface area contributed by atoms with Crippen LogP contribution in [0.15, 0.2) is 29.6 Å². The van der Waals surface area contributed by atoms with E-state index in [0.717, 1.165) is 37.9 Å². The number of anilines is 1. The van der Waals surface area contributed by atoms with Gasteiger partial charge in [-0.1, -0.05) is 23.7 Å². The lowest BCUT2D eigenvalue weighted by atomic mass is 9.93. The van der Waals surface area contributed by atoms with Gasteiger partial charge in [0, 0.05) is 28.9 Å². The fourth-order valence-corrected chi connectivity index (χ4v) is 5.04. The van der Waals surface area contributed by atoms with Crippen molar-refractivity contribution in [2.24, 2.45) is 11.7 Å². The van der Waals surface area contributed by atoms with Gasteiger partial charge in [-0.2, -0.15) is 0 Å². The molecule has 0 bridgehead atoms. The summed E-state index contributed by atoms with van der Waals surface area (Å²) >= 11 is 7.29. The van der Waals surface area contributed by atoms with E-state index < -0.39 is 5.97 Å². The number of halogens is 1. The number of carbonyl (C=O) groups excluding carboxylic acids is 3. The van der Waals surface area contributed by atoms with Gasteiger partial charge in [-0.05, 0) is 56.3 Å². The van der Waals surface area contributed by atoms with Crippen molar-refractivity contribution in [3.8, 4) is 11.1 Å². The minimum absolute atomic E-state index is 0.185. The molecule has 9 heteroatoms. The number of benzene rings is 1. The monoisotopic (exact) mass is 477 g/mol. The Morgan fingerprint density at radius 1 is 1.28 bits per heavy atom. The fraction of sp³-hybridized carbons (Fsp3) is 0.435. The molecule has 1 aliphatic heterocycles. The van der Waals surface area contributed by atoms with Crippen molar-refractivity contribution in [3.63, 3.8) is 0 Å². The first-order chi connectivity index (χ1) is 15.4. The smallest absolute Gasteiger partial charge is 0.341 e. The molecule has 2 aromatic rings. The molecule has 3 rings (SSSR count). The van der Waals surface area contributed by atoms with Gasteiger partial charge in [0.2, 0.25) is 11.8 Å². The molecule has 1 aliphatic rings. The van der Waals surface area contributed by atoms with E-state index in [0.29, 0.717) is 33.5 Å². The van der Waals surface area contributed by atoms with E-state index in [4.69, 9.17) is 22.1 Å². The highest BCUT2D eigenvalue weighted by molar-refractivity contribution is 7.15. The van der Waals surface area contributed by atoms with Gasteiger partial charge in [-0.3, -0.25) is 14.5 Å². The summed E-state index contributed by atoms with van der Waals surface area (Å²) < 4.78 is 5.25. The summed E-state index contributed by atoms with van der Waals surface area (Å²) in [6.45, 7) is 3.79. The minimum atomic E-state index is -0.474. The molecular weight excluding hydrogens is 450 g/mol. The Morgan fingerprint density at radius 2 is 2.03 bits per heavy atom. The van der Waals surface area contributed by atoms with Gasteiger partial charge < -0.3 is 15.8 Å². The van der Waals surface area contributed by atoms with Gasteiger partial charge in [0.15, 0.2) is 0 Å². The molecule has 1 fully saturated rings. The zero-order chi connectivity index (χ0) is 23.1. The summed E-state index contributed by atoms with van der Waals surface area (Å²) in [6, 6.07) is 7.18. The van der Waals surface area contributed by atoms with Crippen LogP contribution < -0.4 is 11.1 Å². The summed E-state index contributed by atoms with van der Waals surface area (Å²) in [5, 5.41) is 5.82. The van der Waals surface area contributed by atoms with Gasteiger partial charge in [0.25, 0.3) is 0 Å². The van der Waals surface area contributed by atoms with E-state index in [-0.39, 0.29) is 25.0 Å². The minimum Gasteiger partial charge on any atom is -0.462 e. The Labute approximate surface area is 196 Å². The molecule has 2 amide bonds. The van der Waals surface area contributed by atoms with Crippen molar-refractivity contribution < 1.29 is 19.1 Å². The average molecular weight is 478 g/mol. The Balaban J connectivity index is 1.70. The second-order valence-electron chi connectivity index (χ2n) is 7.88. The first-order valence-electron chi connectivity index (χ1n) is 10.7. The number of hydrogen-bond acceptors (Lipinski definition) is 6. The number of amides is 2. The van der Waals surface area contributed by atoms with Crippen molar-refractivity contribution in [1.82, 2.24) is 4.90 Å². The Bertz CT molecular complexity index is 961. The number of nitrogens with two attached hydrogens (primary N) is 1. The van der Waals surface area contributed by atoms with Crippen LogP contribution in [0, 0.1) is 5.92 Å². The molecule has 0 radical (unpaired) electrons. The van der Waals surface area contributed by atoms with Crippen LogP contribution in [0.25, 0.3) is 11.1 Å². The number of nitrogens with one attached hydrogen (secondary N) is 1. The van der Waals surface area contributed by atoms with Crippen molar-refractivity contribution >= 4 is 45.7 Å². The summed E-state index contributed by atoms with van der Waals surface area (Å²) in [7, 11) is 0. The average Bonchev–Trinajstić information content (AvgIpc) is 3.16. The summed E-state index contributed by atoms with van der Waals surface area (Å²) in [6.07, 6.45) is 3.13. The summed E-state index contributed by atoms with van der Waals surface area (Å²) in [5.74, 6) is -0.591. The third-order valence-corrected chi connectivity index (χ3v) is 6.60. The Morgan fingerprint density at radius 3 is 2.72 bits per heavy atom. The number of primary amides is 1. The van der Waals surface area contributed by atoms with Crippen LogP contribution >= 0.6 is 22.9 Å². The van der Waals surface area contributed by atoms with E-state index in [9.17, 15) is 14.4 Å². The number of nitrogens with zero attached hydrogens (tertiary/aromatic N) is 1. The molecule has 0 aliphatic carbocycles. The first kappa shape index (κ1) is 24.2. The third-order valence-electron chi connectivity index (χ3n) is 5.45. The molecule has 0 spiro atoms. The van der Waals surface area contributed by atoms with Gasteiger partial charge in [0.1, 0.15) is 10.6 Å². The third kappa shape index (κ3) is 6.54. The topological polar surface area (TPSA) is 102 Å². The van der Waals surface area contributed by atoms with E-state index in [1.807, 2.05) is 17.5 Å². The fourth-order valence-electron chi connectivity index (χ4n) is 3.94. The Kier molecular flexibility index (Phi) is 8.67. The number of esters is 1. The molecule has 1 aromatic heterocycles. The number of thiophene rings is 1. The highest BCUT2D eigenvalue weighted by Gasteiger charge is 2.25. The highest BCUT2D eigenvalue weighted by atomic mass is 35.5. The Hall–Kier alpha value is -2.42. The summed E-state index contributed by atoms with van der Waals surface area (Å²) in [5.41, 5.74) is 7.14. The lowest BCUT2D eigenvalue weighted by molar-refractivity contribution is -0.119. The second kappa shape index (κ2) is 11.4. The molecule has 2 heterocycles. The number of rotatable bonds is 9. The van der Waals surface area contributed by atoms with Crippen molar-refractivity contribution in [2.45, 2.75) is 32.6 Å². The largest absolute Gasteiger partial charge is 0.462 e. The second-order valence-corrected chi connectivity index (χ2v) is 9.19. The van der Waals surface area contributed by atoms with Crippen LogP contribution in [0.4, 0.5) is 5.00 Å². The molecule has 172 valence electrons. The lowest BCUT2D eigenvalue weighted by Gasteiger charge is -2.32. The van der Waals surface area contributed by atoms with Crippen LogP contribution in [0.1, 0.15) is 43.0 Å². The van der Waals surface area contributed by atoms with E-state index >= 15 is 0 Å². The number of ether oxygens (including phenoxy) is 1. The molecule has 32 heavy (non-hydrogen) atoms. The van der Waals surface area contributed by atoms with Crippen LogP contribution in [-0.2, 0) is 14.3 Å². The number of hydrogen-bond donors (Lipinski definition) is 2. The molecule has 1 saturated heterocycles. The lowest BCUT2D eigenvalue weighted by Crippen LogP contribution is -2.40. The van der Waals surface area contributed by atoms with Crippen LogP contribution in [-0.4, -0.2) is 48.9 Å². The van der Waals surface area contributed by atoms with E-state index in [1.54, 1.807) is 19.1 Å². The van der Waals surface area contributed by atoms with Gasteiger partial charge in [0.05, 0.1) is 13.2 Å². The van der Waals surface area contributed by atoms with Gasteiger partial charge >= 0.3 is 5.97 Å². The predicted octanol–water partition coefficient (Wildman–Crippen LogP) is 4.16. The molecule has 7 nitrogen and oxygen atoms in total. The predicted molar refractivity (Wildman–Crippen MR) is 127 cm³/mol. The maximum absolute atomic E-state index is 12.8. The SMILES string of the molecule is CCOC(=O)c1c(-c2ccc(Cl)cc2)csc1NC(=O)CN1CCCC(CCC(N)=O)C1. The molecular formula is C23H28ClN3O4S. The van der Waals surface area contributed by atoms with E-state index in [2.05, 4.69) is 10.2 Å². The standard InChI is InChI=1S/C23H28ClN3O4S/c1-2-31-23(30)21-18(16-6-8-17(24)9-7-16)14-32-22(21)26-20(29)13-27-11-3-4-15(12-27)5-10-19(25)28/h6-9,14-15H,2-5,10-13H2,1H3,(H2,25,28)(H,26,29). The normalized spacial score (nSPS) is 16.5. The quantitative estimate of drug-likeness (QED) is 0.528. The van der Waals surface area contributed by atoms with Crippen LogP contribution in [0.3, 0.4) is 0 Å². The molecule has 1 aromatic carbocycles. The number of carbonyl (C=O) groups is 3. The highest BCUT2D eigenvalue weighted by Crippen LogP contribution is 2.36. The molecule has 0 saturated carbocycles. The first-order valence-corrected chi connectivity index (χ1v) is 12.0. The summed E-state index contributed by atoms with van der Waals surface area (Å²) in [4.78, 5) is 38.6. The zero-order valence-electron chi connectivity index (χ0n) is 18.1. The van der Waals surface area contributed by atoms with Crippen molar-refractivity contribution in [2.75, 3.05) is 31.6 Å². The molecule has 3 N–H and O–H groups in total. The zero-order valence-corrected chi connectivity index (χ0v) is 19.6. The maximum Gasteiger partial charge on any atom is 0.341 e. The number of piperidine rings is 1. The maximum atomic E-state index is 12.8. The van der Waals surface area contributed by atoms with Crippen LogP contribution in [0.5, 0.6) is 0 Å². The van der Waals surface area contributed by atoms with Crippen LogP contribution in [0.2, 0.25) is 5.02 Å². The molecule has 1 atom stereocenters. The number of likely N-dealkylation sites (tertiary alicyclic amines) is 1. The van der Waals surface area contributed by atoms with Gasteiger partial charge in [-0.15, -0.1) is 11.3 Å². The van der Waals surface area contributed by atoms with Crippen molar-refractivity contribution in [3.05, 3.63) is 40.2 Å².